The molecule has 0 aliphatic carbocycles. The van der Waals surface area contributed by atoms with Crippen LogP contribution in [0.5, 0.6) is 0 Å². The Hall–Kier alpha value is -2.80. The topological polar surface area (TPSA) is 197 Å². The van der Waals surface area contributed by atoms with Gasteiger partial charge in [0.1, 0.15) is 6.04 Å². The number of rotatable bonds is 8. The Morgan fingerprint density at radius 2 is 1.24 bits per heavy atom. The second-order valence-corrected chi connectivity index (χ2v) is 11.3. The summed E-state index contributed by atoms with van der Waals surface area (Å²) in [5.41, 5.74) is 10.1. The summed E-state index contributed by atoms with van der Waals surface area (Å²) < 4.78 is 45.1. The fourth-order valence-electron chi connectivity index (χ4n) is 2.52. The van der Waals surface area contributed by atoms with Gasteiger partial charge in [0, 0.05) is 18.9 Å². The lowest BCUT2D eigenvalue weighted by Gasteiger charge is -2.07. The second-order valence-electron chi connectivity index (χ2n) is 7.23. The van der Waals surface area contributed by atoms with Gasteiger partial charge in [-0.25, -0.2) is 21.6 Å². The van der Waals surface area contributed by atoms with Crippen LogP contribution in [-0.4, -0.2) is 63.6 Å². The van der Waals surface area contributed by atoms with Gasteiger partial charge in [0.05, 0.1) is 9.79 Å². The Balaban J connectivity index is 0.000000602. The minimum absolute atomic E-state index is 0. The Labute approximate surface area is 194 Å². The number of carboxylic acids is 2. The minimum atomic E-state index is -3.27. The maximum atomic E-state index is 11.3. The molecule has 2 atom stereocenters. The van der Waals surface area contributed by atoms with Gasteiger partial charge in [-0.2, -0.15) is 0 Å². The van der Waals surface area contributed by atoms with Gasteiger partial charge in [-0.3, -0.25) is 4.79 Å². The van der Waals surface area contributed by atoms with Crippen molar-refractivity contribution >= 4 is 31.6 Å². The maximum Gasteiger partial charge on any atom is 0.362 e. The van der Waals surface area contributed by atoms with E-state index in [9.17, 15) is 26.4 Å². The zero-order chi connectivity index (χ0) is 24.7. The van der Waals surface area contributed by atoms with Crippen LogP contribution in [0.2, 0.25) is 0 Å². The lowest BCUT2D eigenvalue weighted by Crippen LogP contribution is -2.65. The average Bonchev–Trinajstić information content (AvgIpc) is 2.67. The summed E-state index contributed by atoms with van der Waals surface area (Å²) in [4.78, 5) is 21.5. The Bertz CT molecular complexity index is 1080. The summed E-state index contributed by atoms with van der Waals surface area (Å²) in [5, 5.41) is 17.3. The van der Waals surface area contributed by atoms with Crippen LogP contribution in [0.25, 0.3) is 0 Å². The van der Waals surface area contributed by atoms with Gasteiger partial charge in [-0.15, -0.1) is 0 Å². The first-order valence-corrected chi connectivity index (χ1v) is 13.0. The molecular weight excluding hydrogens is 472 g/mol. The normalized spacial score (nSPS) is 13.0. The van der Waals surface area contributed by atoms with Crippen molar-refractivity contribution in [3.63, 3.8) is 0 Å². The highest BCUT2D eigenvalue weighted by Crippen LogP contribution is 2.13. The van der Waals surface area contributed by atoms with Crippen molar-refractivity contribution in [3.8, 4) is 0 Å². The molecule has 0 fully saturated rings. The number of sulfone groups is 2. The Kier molecular flexibility index (Phi) is 11.4. The molecular formula is C21H30N2O8S2. The monoisotopic (exact) mass is 502 g/mol. The highest BCUT2D eigenvalue weighted by Gasteiger charge is 2.17. The Morgan fingerprint density at radius 3 is 1.58 bits per heavy atom. The molecule has 2 aromatic carbocycles. The first-order valence-electron chi connectivity index (χ1n) is 9.23. The highest BCUT2D eigenvalue weighted by atomic mass is 32.2. The molecule has 0 heterocycles. The van der Waals surface area contributed by atoms with Crippen molar-refractivity contribution in [1.29, 1.82) is 0 Å². The number of benzene rings is 2. The van der Waals surface area contributed by atoms with Gasteiger partial charge in [-0.1, -0.05) is 24.3 Å². The van der Waals surface area contributed by atoms with Crippen molar-refractivity contribution in [1.82, 2.24) is 0 Å². The zero-order valence-corrected chi connectivity index (χ0v) is 20.3. The lowest BCUT2D eigenvalue weighted by molar-refractivity contribution is -0.407. The van der Waals surface area contributed by atoms with E-state index >= 15 is 0 Å². The summed E-state index contributed by atoms with van der Waals surface area (Å²) in [6.07, 6.45) is 2.55. The molecule has 7 N–H and O–H groups in total. The molecule has 10 nitrogen and oxygen atoms in total. The molecule has 33 heavy (non-hydrogen) atoms. The predicted molar refractivity (Wildman–Crippen MR) is 123 cm³/mol. The SMILES string of the molecule is CS(=O)(=O)c1cccc(C[C@H](N)C(=O)O)c1.CS(=O)(=O)c1cccc(C[C@H]([NH3+])C(=O)O)c1.[CH3-]. The third-order valence-corrected chi connectivity index (χ3v) is 6.48. The van der Waals surface area contributed by atoms with Crippen LogP contribution in [0.1, 0.15) is 11.1 Å². The van der Waals surface area contributed by atoms with Crippen LogP contribution in [0.3, 0.4) is 0 Å². The molecule has 0 aliphatic heterocycles. The molecule has 184 valence electrons. The zero-order valence-electron chi connectivity index (χ0n) is 18.6. The van der Waals surface area contributed by atoms with E-state index in [0.717, 1.165) is 12.5 Å². The van der Waals surface area contributed by atoms with Crippen LogP contribution in [0.4, 0.5) is 0 Å². The van der Waals surface area contributed by atoms with E-state index in [1.807, 2.05) is 0 Å². The van der Waals surface area contributed by atoms with E-state index in [0.29, 0.717) is 11.1 Å². The van der Waals surface area contributed by atoms with Gasteiger partial charge >= 0.3 is 11.9 Å². The van der Waals surface area contributed by atoms with E-state index in [1.54, 1.807) is 24.3 Å². The fraction of sp³-hybridized carbons (Fsp3) is 0.286. The first kappa shape index (κ1) is 30.2. The summed E-state index contributed by atoms with van der Waals surface area (Å²) in [5.74, 6) is -2.10. The van der Waals surface area contributed by atoms with Gasteiger partial charge in [0.15, 0.2) is 25.7 Å². The molecule has 0 aliphatic rings. The molecule has 0 bridgehead atoms. The van der Waals surface area contributed by atoms with Crippen molar-refractivity contribution in [2.75, 3.05) is 12.5 Å². The van der Waals surface area contributed by atoms with Crippen LogP contribution in [-0.2, 0) is 42.1 Å². The van der Waals surface area contributed by atoms with Crippen molar-refractivity contribution in [3.05, 3.63) is 67.1 Å². The van der Waals surface area contributed by atoms with E-state index < -0.39 is 43.7 Å². The molecule has 0 radical (unpaired) electrons. The number of hydrogen-bond acceptors (Lipinski definition) is 7. The predicted octanol–water partition coefficient (Wildman–Crippen LogP) is -0.178. The fourth-order valence-corrected chi connectivity index (χ4v) is 3.90. The number of aliphatic carboxylic acids is 2. The molecule has 0 unspecified atom stereocenters. The Morgan fingerprint density at radius 1 is 0.848 bits per heavy atom. The molecule has 0 aromatic heterocycles. The van der Waals surface area contributed by atoms with Crippen LogP contribution >= 0.6 is 0 Å². The number of nitrogens with two attached hydrogens (primary N) is 1. The van der Waals surface area contributed by atoms with Crippen LogP contribution < -0.4 is 11.5 Å². The molecule has 0 saturated carbocycles. The molecule has 0 spiro atoms. The minimum Gasteiger partial charge on any atom is -0.480 e. The van der Waals surface area contributed by atoms with Gasteiger partial charge in [-0.05, 0) is 41.8 Å². The van der Waals surface area contributed by atoms with Crippen LogP contribution in [0, 0.1) is 7.43 Å². The summed E-state index contributed by atoms with van der Waals surface area (Å²) in [7, 11) is -6.52. The standard InChI is InChI=1S/2C10H13NO4S.CH3/c2*1-16(14,15)8-4-2-3-7(5-8)6-9(11)10(12)13;/h2*2-5,9H,6,11H2,1H3,(H,12,13);1H3/q;;-1/p+1/t2*9-;/m00./s1. The largest absolute Gasteiger partial charge is 0.480 e. The number of carboxylic acid groups (broad SMARTS) is 2. The summed E-state index contributed by atoms with van der Waals surface area (Å²) >= 11 is 0. The van der Waals surface area contributed by atoms with Gasteiger partial charge < -0.3 is 29.1 Å². The van der Waals surface area contributed by atoms with Crippen molar-refractivity contribution in [2.45, 2.75) is 34.7 Å². The van der Waals surface area contributed by atoms with Crippen molar-refractivity contribution < 1.29 is 42.4 Å². The molecule has 12 heteroatoms. The summed E-state index contributed by atoms with van der Waals surface area (Å²) in [6.45, 7) is 0. The van der Waals surface area contributed by atoms with E-state index in [-0.39, 0.29) is 30.1 Å². The lowest BCUT2D eigenvalue weighted by atomic mass is 10.1. The smallest absolute Gasteiger partial charge is 0.362 e. The molecule has 2 aromatic rings. The quantitative estimate of drug-likeness (QED) is 0.354. The van der Waals surface area contributed by atoms with Gasteiger partial charge in [0.2, 0.25) is 0 Å². The summed E-state index contributed by atoms with van der Waals surface area (Å²) in [6, 6.07) is 10.6. The van der Waals surface area contributed by atoms with E-state index in [2.05, 4.69) is 5.73 Å². The maximum absolute atomic E-state index is 11.3. The van der Waals surface area contributed by atoms with E-state index in [4.69, 9.17) is 15.9 Å². The third kappa shape index (κ3) is 10.6. The van der Waals surface area contributed by atoms with Crippen LogP contribution in [0.15, 0.2) is 58.3 Å². The number of carbonyl (C=O) groups is 2. The molecule has 0 amide bonds. The second kappa shape index (κ2) is 12.4. The molecule has 0 saturated heterocycles. The van der Waals surface area contributed by atoms with Gasteiger partial charge in [0.25, 0.3) is 0 Å². The van der Waals surface area contributed by atoms with E-state index in [1.165, 1.54) is 24.3 Å². The highest BCUT2D eigenvalue weighted by molar-refractivity contribution is 7.91. The average molecular weight is 503 g/mol. The number of quaternary nitrogens is 1. The number of hydrogen-bond donors (Lipinski definition) is 4. The first-order chi connectivity index (χ1) is 14.6. The molecule has 2 rings (SSSR count). The van der Waals surface area contributed by atoms with Crippen molar-refractivity contribution in [2.24, 2.45) is 5.73 Å². The third-order valence-electron chi connectivity index (χ3n) is 4.26.